The third-order valence-corrected chi connectivity index (χ3v) is 22.0. The van der Waals surface area contributed by atoms with Crippen molar-refractivity contribution in [2.75, 3.05) is 6.54 Å². The number of allylic oxidation sites excluding steroid dienone is 4. The highest BCUT2D eigenvalue weighted by molar-refractivity contribution is 6.74. The lowest BCUT2D eigenvalue weighted by molar-refractivity contribution is -0.201. The van der Waals surface area contributed by atoms with Gasteiger partial charge in [0.2, 0.25) is 5.91 Å². The number of nitrogens with zero attached hydrogens (tertiary/aromatic N) is 1. The summed E-state index contributed by atoms with van der Waals surface area (Å²) in [7, 11) is -3.98. The maximum atomic E-state index is 12.6. The van der Waals surface area contributed by atoms with Crippen LogP contribution in [0.5, 0.6) is 0 Å². The molecular formula is C41H73NO4Si2. The summed E-state index contributed by atoms with van der Waals surface area (Å²) in [6, 6.07) is 0. The highest BCUT2D eigenvalue weighted by Crippen LogP contribution is 2.56. The molecule has 0 saturated heterocycles. The number of rotatable bonds is 12. The predicted molar refractivity (Wildman–Crippen MR) is 209 cm³/mol. The van der Waals surface area contributed by atoms with E-state index in [1.807, 2.05) is 0 Å². The number of carbonyl (C=O) groups excluding carboxylic acids is 1. The van der Waals surface area contributed by atoms with E-state index in [1.54, 1.807) is 12.0 Å². The zero-order valence-corrected chi connectivity index (χ0v) is 35.8. The lowest BCUT2D eigenvalue weighted by Crippen LogP contribution is -2.49. The van der Waals surface area contributed by atoms with Gasteiger partial charge in [-0.15, -0.1) is 0 Å². The standard InChI is InChI=1S/C41H73NO4Si2/c1-17-32(18-2)28-42(31(5)43)44-30(4)36-23-24-37-33(20-19-25-41(36,37)12)21-22-34-26-35(45-47(13,14)39(6,7)8)27-38(29(34)3)46-48(15,16)40(9,10)11/h21-23,30,32,35,37-38H,3,17-20,24-28H2,1-2,4-16H3/t30-,35+,37?,38-,41+/m0/s1. The number of hydroxylamine groups is 2. The summed E-state index contributed by atoms with van der Waals surface area (Å²) in [5, 5.41) is 1.91. The molecule has 5 nitrogen and oxygen atoms in total. The number of hydrogen-bond acceptors (Lipinski definition) is 4. The van der Waals surface area contributed by atoms with Gasteiger partial charge in [-0.25, -0.2) is 5.06 Å². The fourth-order valence-corrected chi connectivity index (χ4v) is 10.2. The van der Waals surface area contributed by atoms with Crippen LogP contribution in [0.1, 0.15) is 128 Å². The SMILES string of the molecule is C=C1C(=CC=C2CCC[C@]3(C)C([C@H](C)ON(CC(CC)CC)C(C)=O)=CCC23)C[C@@H](O[Si](C)(C)C(C)(C)C)C[C@@H]1O[Si](C)(C)C(C)(C)C. The first-order chi connectivity index (χ1) is 22.0. The van der Waals surface area contributed by atoms with Gasteiger partial charge in [0.1, 0.15) is 6.10 Å². The van der Waals surface area contributed by atoms with Crippen molar-refractivity contribution in [3.05, 3.63) is 47.1 Å². The number of fused-ring (bicyclic) bond motifs is 1. The summed E-state index contributed by atoms with van der Waals surface area (Å²) in [6.45, 7) is 39.3. The van der Waals surface area contributed by atoms with Gasteiger partial charge < -0.3 is 8.85 Å². The predicted octanol–water partition coefficient (Wildman–Crippen LogP) is 11.7. The van der Waals surface area contributed by atoms with E-state index in [2.05, 4.69) is 120 Å². The summed E-state index contributed by atoms with van der Waals surface area (Å²) < 4.78 is 14.2. The molecule has 1 unspecified atom stereocenters. The van der Waals surface area contributed by atoms with Gasteiger partial charge in [-0.1, -0.05) is 106 Å². The van der Waals surface area contributed by atoms with Gasteiger partial charge in [-0.2, -0.15) is 0 Å². The normalized spacial score (nSPS) is 28.2. The zero-order valence-electron chi connectivity index (χ0n) is 33.8. The van der Waals surface area contributed by atoms with Gasteiger partial charge in [0, 0.05) is 13.3 Å². The molecular weight excluding hydrogens is 627 g/mol. The summed E-state index contributed by atoms with van der Waals surface area (Å²) in [6.07, 6.45) is 15.5. The Hall–Kier alpha value is -1.26. The molecule has 5 atom stereocenters. The van der Waals surface area contributed by atoms with Crippen LogP contribution in [0.15, 0.2) is 47.1 Å². The first kappa shape index (κ1) is 41.2. The Morgan fingerprint density at radius 3 is 2.17 bits per heavy atom. The highest BCUT2D eigenvalue weighted by Gasteiger charge is 2.48. The van der Waals surface area contributed by atoms with Gasteiger partial charge in [0.15, 0.2) is 16.6 Å². The van der Waals surface area contributed by atoms with E-state index >= 15 is 0 Å². The van der Waals surface area contributed by atoms with Crippen molar-refractivity contribution in [3.8, 4) is 0 Å². The van der Waals surface area contributed by atoms with Crippen LogP contribution in [0, 0.1) is 17.3 Å². The van der Waals surface area contributed by atoms with Crippen molar-refractivity contribution in [3.63, 3.8) is 0 Å². The fraction of sp³-hybridized carbons (Fsp3) is 0.780. The quantitative estimate of drug-likeness (QED) is 0.116. The molecule has 0 heterocycles. The van der Waals surface area contributed by atoms with Gasteiger partial charge in [0.05, 0.1) is 18.8 Å². The molecule has 3 aliphatic rings. The van der Waals surface area contributed by atoms with Crippen molar-refractivity contribution in [2.45, 2.75) is 182 Å². The van der Waals surface area contributed by atoms with Crippen LogP contribution in [0.25, 0.3) is 0 Å². The molecule has 0 aromatic carbocycles. The Labute approximate surface area is 298 Å². The van der Waals surface area contributed by atoms with E-state index in [0.717, 1.165) is 56.9 Å². The van der Waals surface area contributed by atoms with Crippen LogP contribution >= 0.6 is 0 Å². The second kappa shape index (κ2) is 15.5. The van der Waals surface area contributed by atoms with Gasteiger partial charge >= 0.3 is 0 Å². The van der Waals surface area contributed by atoms with Crippen LogP contribution in [0.3, 0.4) is 0 Å². The monoisotopic (exact) mass is 700 g/mol. The molecule has 3 aliphatic carbocycles. The van der Waals surface area contributed by atoms with E-state index in [9.17, 15) is 4.79 Å². The summed E-state index contributed by atoms with van der Waals surface area (Å²) in [5.41, 5.74) is 5.34. The number of hydrogen-bond donors (Lipinski definition) is 0. The molecule has 0 aliphatic heterocycles. The minimum absolute atomic E-state index is 0.00992. The topological polar surface area (TPSA) is 48.0 Å². The van der Waals surface area contributed by atoms with Gasteiger partial charge in [-0.3, -0.25) is 9.63 Å². The Bertz CT molecular complexity index is 1250. The van der Waals surface area contributed by atoms with Crippen molar-refractivity contribution >= 4 is 22.5 Å². The van der Waals surface area contributed by atoms with Crippen molar-refractivity contribution < 1.29 is 18.5 Å². The third kappa shape index (κ3) is 9.34. The second-order valence-electron chi connectivity index (χ2n) is 18.5. The molecule has 0 bridgehead atoms. The highest BCUT2D eigenvalue weighted by atomic mass is 28.4. The Balaban J connectivity index is 1.89. The number of amides is 1. The summed E-state index contributed by atoms with van der Waals surface area (Å²) in [5.74, 6) is 0.890. The Kier molecular flexibility index (Phi) is 13.3. The molecule has 0 N–H and O–H groups in total. The molecule has 0 radical (unpaired) electrons. The van der Waals surface area contributed by atoms with Crippen molar-refractivity contribution in [1.82, 2.24) is 5.06 Å². The molecule has 0 aromatic rings. The van der Waals surface area contributed by atoms with Crippen LogP contribution in [-0.2, 0) is 18.5 Å². The smallest absolute Gasteiger partial charge is 0.243 e. The van der Waals surface area contributed by atoms with Crippen LogP contribution in [0.4, 0.5) is 0 Å². The minimum Gasteiger partial charge on any atom is -0.413 e. The van der Waals surface area contributed by atoms with Crippen molar-refractivity contribution in [2.24, 2.45) is 17.3 Å². The molecule has 0 spiro atoms. The molecule has 274 valence electrons. The molecule has 3 rings (SSSR count). The molecule has 7 heteroatoms. The first-order valence-corrected chi connectivity index (χ1v) is 24.9. The molecule has 0 aromatic heterocycles. The fourth-order valence-electron chi connectivity index (χ4n) is 7.52. The third-order valence-electron chi connectivity index (χ3n) is 13.0. The minimum atomic E-state index is -2.01. The summed E-state index contributed by atoms with van der Waals surface area (Å²) in [4.78, 5) is 19.0. The maximum absolute atomic E-state index is 12.6. The zero-order chi connectivity index (χ0) is 36.5. The average molecular weight is 700 g/mol. The van der Waals surface area contributed by atoms with E-state index in [-0.39, 0.29) is 39.7 Å². The Morgan fingerprint density at radius 2 is 1.62 bits per heavy atom. The largest absolute Gasteiger partial charge is 0.413 e. The maximum Gasteiger partial charge on any atom is 0.243 e. The molecule has 1 amide bonds. The second-order valence-corrected chi connectivity index (χ2v) is 28.0. The molecule has 2 fully saturated rings. The van der Waals surface area contributed by atoms with Crippen molar-refractivity contribution in [1.29, 1.82) is 0 Å². The van der Waals surface area contributed by atoms with Crippen LogP contribution < -0.4 is 0 Å². The average Bonchev–Trinajstić information content (AvgIpc) is 3.32. The lowest BCUT2D eigenvalue weighted by atomic mass is 9.63. The van der Waals surface area contributed by atoms with E-state index in [0.29, 0.717) is 18.4 Å². The lowest BCUT2D eigenvalue weighted by Gasteiger charge is -2.45. The number of carbonyl (C=O) groups is 1. The van der Waals surface area contributed by atoms with E-state index in [4.69, 9.17) is 13.7 Å². The summed E-state index contributed by atoms with van der Waals surface area (Å²) >= 11 is 0. The first-order valence-electron chi connectivity index (χ1n) is 19.1. The van der Waals surface area contributed by atoms with Gasteiger partial charge in [0.25, 0.3) is 0 Å². The van der Waals surface area contributed by atoms with Crippen LogP contribution in [0.2, 0.25) is 36.3 Å². The van der Waals surface area contributed by atoms with Gasteiger partial charge in [-0.05, 0) is 109 Å². The molecule has 48 heavy (non-hydrogen) atoms. The Morgan fingerprint density at radius 1 is 1.04 bits per heavy atom. The van der Waals surface area contributed by atoms with E-state index in [1.165, 1.54) is 16.7 Å². The molecule has 2 saturated carbocycles. The van der Waals surface area contributed by atoms with E-state index < -0.39 is 16.6 Å². The van der Waals surface area contributed by atoms with Crippen LogP contribution in [-0.4, -0.2) is 52.5 Å².